The third-order valence-electron chi connectivity index (χ3n) is 20.9. The van der Waals surface area contributed by atoms with E-state index in [1.54, 1.807) is 60.1 Å². The van der Waals surface area contributed by atoms with Gasteiger partial charge < -0.3 is 75.8 Å². The maximum atomic E-state index is 15.1. The first kappa shape index (κ1) is 99.2. The van der Waals surface area contributed by atoms with Gasteiger partial charge in [-0.15, -0.1) is 0 Å². The van der Waals surface area contributed by atoms with Crippen molar-refractivity contribution in [2.24, 2.45) is 41.4 Å². The molecule has 11 amide bonds. The first-order valence-corrected chi connectivity index (χ1v) is 40.7. The van der Waals surface area contributed by atoms with Crippen molar-refractivity contribution in [2.75, 3.05) is 76.0 Å². The molecule has 3 heterocycles. The number of carboxylic acids is 2. The summed E-state index contributed by atoms with van der Waals surface area (Å²) < 4.78 is 0. The molecule has 2 saturated heterocycles. The standard InChI is InChI=1S/C62H111N11O12.C19H19NS.C4H4O4/c1-25-27-28-40(15)52(75)51-56(79)65-43(26-2)58(81)67(18)33-48(74)68(19)44(29-34(3)4)55(78)66-49(38(11)12)61(84)69(20)45(30-35(5)6)54(77)63-41(16)53(76)64-42(17)57(80)70(21)46(31-36(7)8)59(82)71(22)47(32-37(9)10)60(83)72(23)50(39(13)14)62(85)73(51)24;1-20-12-10-14(11-13-20)19-15-6-2-4-8-17(15)21-18-9-5-3-7-16(18)19;5-3(6)1-2-4(7)8/h25,27,34-47,49-52,75H,26,28-33H2,1-24H3,(H,63,77)(H,64,76)(H,65,79)(H,66,78);2-9H,10-13H2,1H3;1-2H,(H,5,6)(H,7,8). The van der Waals surface area contributed by atoms with Crippen LogP contribution in [0.1, 0.15) is 180 Å². The molecule has 3 aliphatic heterocycles. The van der Waals surface area contributed by atoms with E-state index in [1.807, 2.05) is 73.2 Å². The third-order valence-corrected chi connectivity index (χ3v) is 22.1. The van der Waals surface area contributed by atoms with Gasteiger partial charge in [-0.05, 0) is 149 Å². The maximum Gasteiger partial charge on any atom is 0.328 e. The van der Waals surface area contributed by atoms with Gasteiger partial charge in [0.2, 0.25) is 65.0 Å². The highest BCUT2D eigenvalue weighted by Gasteiger charge is 2.46. The molecule has 0 aliphatic carbocycles. The van der Waals surface area contributed by atoms with Crippen LogP contribution in [0.4, 0.5) is 0 Å². The fourth-order valence-corrected chi connectivity index (χ4v) is 15.2. The molecule has 0 saturated carbocycles. The van der Waals surface area contributed by atoms with Crippen LogP contribution in [0, 0.1) is 41.4 Å². The molecule has 636 valence electrons. The Morgan fingerprint density at radius 3 is 1.36 bits per heavy atom. The highest BCUT2D eigenvalue weighted by atomic mass is 32.2. The highest BCUT2D eigenvalue weighted by molar-refractivity contribution is 7.99. The Bertz CT molecular complexity index is 3670. The number of rotatable bonds is 17. The second-order valence-electron chi connectivity index (χ2n) is 33.0. The molecule has 0 radical (unpaired) electrons. The summed E-state index contributed by atoms with van der Waals surface area (Å²) in [7, 11) is 12.1. The Labute approximate surface area is 681 Å². The zero-order chi connectivity index (χ0) is 86.8. The van der Waals surface area contributed by atoms with Gasteiger partial charge in [-0.25, -0.2) is 9.59 Å². The summed E-state index contributed by atoms with van der Waals surface area (Å²) in [6.45, 7) is 31.7. The van der Waals surface area contributed by atoms with E-state index < -0.39 is 168 Å². The fourth-order valence-electron chi connectivity index (χ4n) is 14.1. The Kier molecular flexibility index (Phi) is 40.5. The van der Waals surface area contributed by atoms with Crippen LogP contribution in [0.5, 0.6) is 0 Å². The number of hydrogen-bond acceptors (Lipinski definition) is 16. The van der Waals surface area contributed by atoms with Crippen molar-refractivity contribution >= 4 is 94.3 Å². The van der Waals surface area contributed by atoms with Crippen LogP contribution in [0.25, 0.3) is 5.57 Å². The van der Waals surface area contributed by atoms with Crippen molar-refractivity contribution in [1.29, 1.82) is 0 Å². The molecule has 0 bridgehead atoms. The Hall–Kier alpha value is -8.96. The van der Waals surface area contributed by atoms with Crippen LogP contribution >= 0.6 is 11.8 Å². The second kappa shape index (κ2) is 46.6. The molecule has 7 N–H and O–H groups in total. The van der Waals surface area contributed by atoms with Gasteiger partial charge in [-0.2, -0.15) is 0 Å². The molecule has 29 heteroatoms. The number of aliphatic carboxylic acids is 2. The summed E-state index contributed by atoms with van der Waals surface area (Å²) in [5, 5.41) is 38.7. The molecule has 12 atom stereocenters. The van der Waals surface area contributed by atoms with Crippen molar-refractivity contribution in [1.82, 2.24) is 60.5 Å². The fraction of sp³-hybridized carbons (Fsp3) is 0.635. The van der Waals surface area contributed by atoms with Crippen LogP contribution in [0.3, 0.4) is 0 Å². The number of amides is 11. The predicted octanol–water partition coefficient (Wildman–Crippen LogP) is 7.66. The van der Waals surface area contributed by atoms with Crippen molar-refractivity contribution in [3.8, 4) is 0 Å². The predicted molar refractivity (Wildman–Crippen MR) is 443 cm³/mol. The molecule has 12 unspecified atom stereocenters. The topological polar surface area (TPSA) is 357 Å². The monoisotopic (exact) mass is 1610 g/mol. The summed E-state index contributed by atoms with van der Waals surface area (Å²) in [6, 6.07) is 5.40. The molecule has 2 aromatic carbocycles. The molecular formula is C85H134N12O16S. The van der Waals surface area contributed by atoms with Crippen molar-refractivity contribution in [3.63, 3.8) is 0 Å². The van der Waals surface area contributed by atoms with E-state index in [-0.39, 0.29) is 55.8 Å². The lowest BCUT2D eigenvalue weighted by atomic mass is 9.88. The van der Waals surface area contributed by atoms with Crippen molar-refractivity contribution in [2.45, 2.75) is 245 Å². The van der Waals surface area contributed by atoms with Gasteiger partial charge >= 0.3 is 11.9 Å². The van der Waals surface area contributed by atoms with E-state index >= 15 is 9.59 Å². The number of fused-ring (bicyclic) bond motifs is 2. The van der Waals surface area contributed by atoms with E-state index in [1.165, 1.54) is 140 Å². The van der Waals surface area contributed by atoms with E-state index in [4.69, 9.17) is 10.2 Å². The average molecular weight is 1610 g/mol. The lowest BCUT2D eigenvalue weighted by Crippen LogP contribution is -2.63. The first-order valence-electron chi connectivity index (χ1n) is 39.9. The summed E-state index contributed by atoms with van der Waals surface area (Å²) in [5.41, 5.74) is 6.00. The van der Waals surface area contributed by atoms with Crippen molar-refractivity contribution in [3.05, 3.63) is 89.5 Å². The van der Waals surface area contributed by atoms with Gasteiger partial charge in [-0.3, -0.25) is 52.7 Å². The number of carboxylic acid groups (broad SMARTS) is 2. The largest absolute Gasteiger partial charge is 0.478 e. The molecule has 28 nitrogen and oxygen atoms in total. The highest BCUT2D eigenvalue weighted by Crippen LogP contribution is 2.47. The number of hydrogen-bond donors (Lipinski definition) is 7. The molecule has 2 aromatic rings. The summed E-state index contributed by atoms with van der Waals surface area (Å²) in [6.07, 6.45) is 6.55. The molecule has 0 spiro atoms. The Morgan fingerprint density at radius 2 is 0.912 bits per heavy atom. The zero-order valence-corrected chi connectivity index (χ0v) is 73.1. The van der Waals surface area contributed by atoms with E-state index in [9.17, 15) is 57.8 Å². The normalized spacial score (nSPS) is 24.1. The minimum Gasteiger partial charge on any atom is -0.478 e. The minimum absolute atomic E-state index is 0.0229. The van der Waals surface area contributed by atoms with Gasteiger partial charge in [0, 0.05) is 84.4 Å². The zero-order valence-electron chi connectivity index (χ0n) is 72.2. The first-order chi connectivity index (χ1) is 53.2. The smallest absolute Gasteiger partial charge is 0.328 e. The van der Waals surface area contributed by atoms with Crippen LogP contribution in [-0.2, 0) is 62.3 Å². The quantitative estimate of drug-likeness (QED) is 0.0503. The number of aliphatic hydroxyl groups is 1. The lowest BCUT2D eigenvalue weighted by Gasteiger charge is -2.41. The number of benzene rings is 2. The number of likely N-dealkylation sites (tertiary alicyclic amines) is 1. The number of carbonyl (C=O) groups excluding carboxylic acids is 11. The molecule has 3 aliphatic rings. The van der Waals surface area contributed by atoms with Gasteiger partial charge in [0.15, 0.2) is 0 Å². The van der Waals surface area contributed by atoms with Crippen LogP contribution in [0.2, 0.25) is 0 Å². The second-order valence-corrected chi connectivity index (χ2v) is 34.1. The minimum atomic E-state index is -1.61. The number of allylic oxidation sites excluding steroid dienone is 2. The number of piperidine rings is 1. The summed E-state index contributed by atoms with van der Waals surface area (Å²) >= 11 is 1.91. The van der Waals surface area contributed by atoms with Gasteiger partial charge in [0.05, 0.1) is 12.6 Å². The van der Waals surface area contributed by atoms with E-state index in [0.29, 0.717) is 18.6 Å². The van der Waals surface area contributed by atoms with E-state index in [2.05, 4.69) is 81.7 Å². The third kappa shape index (κ3) is 28.5. The number of aliphatic hydroxyl groups excluding tert-OH is 1. The lowest BCUT2D eigenvalue weighted by molar-refractivity contribution is -0.157. The summed E-state index contributed by atoms with van der Waals surface area (Å²) in [4.78, 5) is 193. The van der Waals surface area contributed by atoms with Crippen LogP contribution < -0.4 is 21.3 Å². The molecule has 114 heavy (non-hydrogen) atoms. The average Bonchev–Trinajstić information content (AvgIpc) is 0.765. The summed E-state index contributed by atoms with van der Waals surface area (Å²) in [5.74, 6) is -12.2. The number of carbonyl (C=O) groups is 13. The molecule has 2 fully saturated rings. The van der Waals surface area contributed by atoms with E-state index in [0.717, 1.165) is 9.80 Å². The SMILES string of the molecule is CC=CCC(C)C(O)C1C(=O)NC(CC)C(=O)N(C)CC(=O)N(C)C(CC(C)C)C(=O)NC(C(C)C)C(=O)N(C)C(CC(C)C)C(=O)NC(C)C(=O)NC(C)C(=O)N(C)C(CC(C)C)C(=O)N(C)C(CC(C)C)C(=O)N(C)C(C(C)C)C(=O)N1C.CN1CCC(=C2c3ccccc3Sc3ccccc32)CC1.O=C(O)C=CC(=O)O. The Balaban J connectivity index is 0.000000944. The number of nitrogens with one attached hydrogen (secondary N) is 4. The molecule has 5 rings (SSSR count). The van der Waals surface area contributed by atoms with Gasteiger partial charge in [-0.1, -0.05) is 163 Å². The maximum absolute atomic E-state index is 15.1. The number of likely N-dealkylation sites (N-methyl/N-ethyl adjacent to an activating group) is 7. The molecular weight excluding hydrogens is 1480 g/mol. The van der Waals surface area contributed by atoms with Crippen LogP contribution in [0.15, 0.2) is 88.2 Å². The van der Waals surface area contributed by atoms with Gasteiger partial charge in [0.1, 0.15) is 60.4 Å². The Morgan fingerprint density at radius 1 is 0.491 bits per heavy atom. The van der Waals surface area contributed by atoms with Crippen LogP contribution in [-0.4, -0.2) is 274 Å². The number of nitrogens with zero attached hydrogens (tertiary/aromatic N) is 8. The molecule has 0 aromatic heterocycles. The van der Waals surface area contributed by atoms with Crippen molar-refractivity contribution < 1.29 is 77.6 Å². The van der Waals surface area contributed by atoms with Gasteiger partial charge in [0.25, 0.3) is 0 Å².